The smallest absolute Gasteiger partial charge is 0.0718 e. The van der Waals surface area contributed by atoms with Crippen LogP contribution in [0.15, 0.2) is 18.2 Å². The van der Waals surface area contributed by atoms with Crippen LogP contribution in [-0.2, 0) is 10.8 Å². The molecule has 0 bridgehead atoms. The summed E-state index contributed by atoms with van der Waals surface area (Å²) in [5, 5.41) is 11.2. The lowest BCUT2D eigenvalue weighted by molar-refractivity contribution is -0.255. The van der Waals surface area contributed by atoms with Crippen LogP contribution in [0, 0.1) is 0 Å². The lowest BCUT2D eigenvalue weighted by atomic mass is 9.79. The average Bonchev–Trinajstić information content (AvgIpc) is 2.14. The molecular formula is C15H21O2-. The van der Waals surface area contributed by atoms with Crippen molar-refractivity contribution >= 4 is 5.97 Å². The third kappa shape index (κ3) is 3.09. The first-order valence-corrected chi connectivity index (χ1v) is 5.90. The van der Waals surface area contributed by atoms with Crippen LogP contribution in [0.5, 0.6) is 0 Å². The highest BCUT2D eigenvalue weighted by atomic mass is 16.4. The normalized spacial score (nSPS) is 12.6. The first-order chi connectivity index (χ1) is 7.53. The van der Waals surface area contributed by atoms with Gasteiger partial charge in [-0.1, -0.05) is 53.7 Å². The predicted octanol–water partition coefficient (Wildman–Crippen LogP) is 2.65. The molecule has 0 aromatic heterocycles. The highest BCUT2D eigenvalue weighted by Gasteiger charge is 2.21. The molecule has 1 aromatic carbocycles. The van der Waals surface area contributed by atoms with Crippen molar-refractivity contribution in [2.45, 2.75) is 52.4 Å². The Morgan fingerprint density at radius 1 is 1.00 bits per heavy atom. The molecule has 0 heterocycles. The maximum atomic E-state index is 11.2. The molecule has 94 valence electrons. The number of hydrogen-bond acceptors (Lipinski definition) is 2. The lowest BCUT2D eigenvalue weighted by Crippen LogP contribution is -2.28. The Bertz CT molecular complexity index is 431. The van der Waals surface area contributed by atoms with Gasteiger partial charge in [-0.05, 0) is 28.0 Å². The molecule has 0 N–H and O–H groups in total. The van der Waals surface area contributed by atoms with Gasteiger partial charge in [0.2, 0.25) is 0 Å². The molecular weight excluding hydrogens is 212 g/mol. The van der Waals surface area contributed by atoms with Gasteiger partial charge >= 0.3 is 0 Å². The standard InChI is InChI=1S/C15H22O2/c1-14(2,3)10-7-8-12(15(4,5)6)11(9-10)13(16)17/h7-9H,1-6H3,(H,16,17)/p-1. The number of carbonyl (C=O) groups excluding carboxylic acids is 1. The second-order valence-electron chi connectivity index (χ2n) is 6.55. The van der Waals surface area contributed by atoms with Gasteiger partial charge in [0.05, 0.1) is 5.97 Å². The van der Waals surface area contributed by atoms with E-state index in [1.165, 1.54) is 0 Å². The molecule has 0 aliphatic rings. The Balaban J connectivity index is 3.43. The van der Waals surface area contributed by atoms with Gasteiger partial charge in [-0.2, -0.15) is 0 Å². The molecule has 0 fully saturated rings. The van der Waals surface area contributed by atoms with Crippen molar-refractivity contribution in [3.05, 3.63) is 34.9 Å². The molecule has 0 saturated heterocycles. The number of carboxylic acid groups (broad SMARTS) is 1. The van der Waals surface area contributed by atoms with Crippen LogP contribution in [0.1, 0.15) is 63.0 Å². The summed E-state index contributed by atoms with van der Waals surface area (Å²) in [4.78, 5) is 11.2. The minimum absolute atomic E-state index is 0.0549. The zero-order valence-corrected chi connectivity index (χ0v) is 11.5. The first-order valence-electron chi connectivity index (χ1n) is 5.90. The Morgan fingerprint density at radius 3 is 1.88 bits per heavy atom. The van der Waals surface area contributed by atoms with Gasteiger partial charge in [-0.25, -0.2) is 0 Å². The highest BCUT2D eigenvalue weighted by molar-refractivity contribution is 5.88. The van der Waals surface area contributed by atoms with E-state index in [2.05, 4.69) is 20.8 Å². The summed E-state index contributed by atoms with van der Waals surface area (Å²) in [6, 6.07) is 5.66. The third-order valence-electron chi connectivity index (χ3n) is 2.91. The zero-order chi connectivity index (χ0) is 13.4. The zero-order valence-electron chi connectivity index (χ0n) is 11.5. The number of carbonyl (C=O) groups is 1. The molecule has 1 rings (SSSR count). The quantitative estimate of drug-likeness (QED) is 0.748. The summed E-state index contributed by atoms with van der Waals surface area (Å²) in [5.74, 6) is -1.10. The van der Waals surface area contributed by atoms with E-state index in [1.54, 1.807) is 6.07 Å². The fourth-order valence-corrected chi connectivity index (χ4v) is 1.83. The molecule has 0 aliphatic heterocycles. The number of rotatable bonds is 1. The number of hydrogen-bond donors (Lipinski definition) is 0. The fourth-order valence-electron chi connectivity index (χ4n) is 1.83. The molecule has 0 saturated carbocycles. The molecule has 0 radical (unpaired) electrons. The van der Waals surface area contributed by atoms with E-state index in [-0.39, 0.29) is 10.8 Å². The summed E-state index contributed by atoms with van der Waals surface area (Å²) in [6.45, 7) is 12.2. The van der Waals surface area contributed by atoms with Crippen LogP contribution in [-0.4, -0.2) is 5.97 Å². The van der Waals surface area contributed by atoms with Crippen molar-refractivity contribution in [3.63, 3.8) is 0 Å². The molecule has 17 heavy (non-hydrogen) atoms. The minimum Gasteiger partial charge on any atom is -0.545 e. The van der Waals surface area contributed by atoms with Crippen molar-refractivity contribution in [2.75, 3.05) is 0 Å². The minimum atomic E-state index is -1.10. The Labute approximate surface area is 104 Å². The maximum absolute atomic E-state index is 11.2. The van der Waals surface area contributed by atoms with Crippen molar-refractivity contribution in [1.82, 2.24) is 0 Å². The second kappa shape index (κ2) is 4.17. The van der Waals surface area contributed by atoms with Gasteiger partial charge in [0.25, 0.3) is 0 Å². The van der Waals surface area contributed by atoms with Crippen molar-refractivity contribution in [3.8, 4) is 0 Å². The summed E-state index contributed by atoms with van der Waals surface area (Å²) in [7, 11) is 0. The SMILES string of the molecule is CC(C)(C)c1ccc(C(C)(C)C)c(C(=O)[O-])c1. The van der Waals surface area contributed by atoms with E-state index in [0.29, 0.717) is 5.56 Å². The molecule has 0 aliphatic carbocycles. The molecule has 0 amide bonds. The topological polar surface area (TPSA) is 40.1 Å². The first kappa shape index (κ1) is 13.8. The number of carboxylic acids is 1. The Hall–Kier alpha value is -1.31. The van der Waals surface area contributed by atoms with Crippen LogP contribution < -0.4 is 5.11 Å². The monoisotopic (exact) mass is 233 g/mol. The highest BCUT2D eigenvalue weighted by Crippen LogP contribution is 2.30. The van der Waals surface area contributed by atoms with E-state index in [4.69, 9.17) is 0 Å². The summed E-state index contributed by atoms with van der Waals surface area (Å²) in [6.07, 6.45) is 0. The van der Waals surface area contributed by atoms with Gasteiger partial charge in [-0.3, -0.25) is 0 Å². The molecule has 2 heteroatoms. The number of aromatic carboxylic acids is 1. The molecule has 0 atom stereocenters. The largest absolute Gasteiger partial charge is 0.545 e. The molecule has 1 aromatic rings. The van der Waals surface area contributed by atoms with Crippen molar-refractivity contribution in [2.24, 2.45) is 0 Å². The fraction of sp³-hybridized carbons (Fsp3) is 0.533. The Morgan fingerprint density at radius 2 is 1.53 bits per heavy atom. The van der Waals surface area contributed by atoms with Gasteiger partial charge in [0.1, 0.15) is 0 Å². The molecule has 2 nitrogen and oxygen atoms in total. The molecule has 0 spiro atoms. The van der Waals surface area contributed by atoms with Crippen LogP contribution in [0.25, 0.3) is 0 Å². The van der Waals surface area contributed by atoms with Gasteiger partial charge < -0.3 is 9.90 Å². The Kier molecular flexibility index (Phi) is 3.37. The van der Waals surface area contributed by atoms with Crippen LogP contribution in [0.4, 0.5) is 0 Å². The molecule has 0 unspecified atom stereocenters. The van der Waals surface area contributed by atoms with Crippen LogP contribution in [0.2, 0.25) is 0 Å². The lowest BCUT2D eigenvalue weighted by Gasteiger charge is -2.27. The van der Waals surface area contributed by atoms with E-state index in [0.717, 1.165) is 11.1 Å². The van der Waals surface area contributed by atoms with Gasteiger partial charge in [0.15, 0.2) is 0 Å². The van der Waals surface area contributed by atoms with Crippen molar-refractivity contribution < 1.29 is 9.90 Å². The number of benzene rings is 1. The predicted molar refractivity (Wildman–Crippen MR) is 68.2 cm³/mol. The maximum Gasteiger partial charge on any atom is 0.0718 e. The van der Waals surface area contributed by atoms with E-state index >= 15 is 0 Å². The summed E-state index contributed by atoms with van der Waals surface area (Å²) >= 11 is 0. The summed E-state index contributed by atoms with van der Waals surface area (Å²) in [5.41, 5.74) is 1.91. The van der Waals surface area contributed by atoms with E-state index in [9.17, 15) is 9.90 Å². The van der Waals surface area contributed by atoms with Gasteiger partial charge in [-0.15, -0.1) is 0 Å². The van der Waals surface area contributed by atoms with Crippen LogP contribution >= 0.6 is 0 Å². The van der Waals surface area contributed by atoms with E-state index in [1.807, 2.05) is 32.9 Å². The van der Waals surface area contributed by atoms with Gasteiger partial charge in [0, 0.05) is 5.56 Å². The van der Waals surface area contributed by atoms with Crippen LogP contribution in [0.3, 0.4) is 0 Å². The van der Waals surface area contributed by atoms with Crippen molar-refractivity contribution in [1.29, 1.82) is 0 Å². The summed E-state index contributed by atoms with van der Waals surface area (Å²) < 4.78 is 0. The third-order valence-corrected chi connectivity index (χ3v) is 2.91. The average molecular weight is 233 g/mol. The second-order valence-corrected chi connectivity index (χ2v) is 6.55. The van der Waals surface area contributed by atoms with E-state index < -0.39 is 5.97 Å².